The molecule has 1 aromatic rings. The van der Waals surface area contributed by atoms with Gasteiger partial charge in [0.1, 0.15) is 0 Å². The molecule has 0 bridgehead atoms. The van der Waals surface area contributed by atoms with Gasteiger partial charge in [0.25, 0.3) is 5.91 Å². The van der Waals surface area contributed by atoms with Gasteiger partial charge in [-0.15, -0.1) is 0 Å². The molecule has 0 saturated carbocycles. The molecule has 1 aromatic carbocycles. The smallest absolute Gasteiger partial charge is 0.256 e. The lowest BCUT2D eigenvalue weighted by molar-refractivity contribution is -0.131. The molecule has 2 nitrogen and oxygen atoms in total. The normalized spacial score (nSPS) is 19.8. The zero-order valence-electron chi connectivity index (χ0n) is 8.99. The predicted octanol–water partition coefficient (Wildman–Crippen LogP) is 2.94. The van der Waals surface area contributed by atoms with Gasteiger partial charge in [0.2, 0.25) is 0 Å². The van der Waals surface area contributed by atoms with Crippen LogP contribution in [0, 0.1) is 0 Å². The number of hydrogen-bond donors (Lipinski definition) is 0. The Hall–Kier alpha value is -0.730. The van der Waals surface area contributed by atoms with Crippen molar-refractivity contribution in [3.63, 3.8) is 0 Å². The SMILES string of the molecule is CC1c2ccccc2CCN1C(=O)C(Cl)Cl. The summed E-state index contributed by atoms with van der Waals surface area (Å²) < 4.78 is 0. The van der Waals surface area contributed by atoms with E-state index in [2.05, 4.69) is 12.1 Å². The Balaban J connectivity index is 2.28. The van der Waals surface area contributed by atoms with Crippen LogP contribution in [0.2, 0.25) is 0 Å². The van der Waals surface area contributed by atoms with Crippen molar-refractivity contribution in [3.8, 4) is 0 Å². The van der Waals surface area contributed by atoms with Gasteiger partial charge in [0, 0.05) is 6.54 Å². The fourth-order valence-electron chi connectivity index (χ4n) is 2.20. The second kappa shape index (κ2) is 4.64. The monoisotopic (exact) mass is 257 g/mol. The van der Waals surface area contributed by atoms with Gasteiger partial charge < -0.3 is 4.90 Å². The Morgan fingerprint density at radius 3 is 2.81 bits per heavy atom. The standard InChI is InChI=1S/C12H13Cl2NO/c1-8-10-5-3-2-4-9(10)6-7-15(8)12(16)11(13)14/h2-5,8,11H,6-7H2,1H3. The average Bonchev–Trinajstić information content (AvgIpc) is 2.29. The Kier molecular flexibility index (Phi) is 3.41. The number of carbonyl (C=O) groups excluding carboxylic acids is 1. The third-order valence-electron chi connectivity index (χ3n) is 3.06. The number of fused-ring (bicyclic) bond motifs is 1. The zero-order valence-corrected chi connectivity index (χ0v) is 10.5. The summed E-state index contributed by atoms with van der Waals surface area (Å²) in [6, 6.07) is 8.22. The van der Waals surface area contributed by atoms with Crippen molar-refractivity contribution < 1.29 is 4.79 Å². The Morgan fingerprint density at radius 1 is 1.44 bits per heavy atom. The first-order chi connectivity index (χ1) is 7.61. The molecule has 1 aliphatic heterocycles. The van der Waals surface area contributed by atoms with Gasteiger partial charge in [-0.25, -0.2) is 0 Å². The van der Waals surface area contributed by atoms with Crippen LogP contribution in [-0.2, 0) is 11.2 Å². The number of carbonyl (C=O) groups is 1. The van der Waals surface area contributed by atoms with Crippen molar-refractivity contribution in [2.45, 2.75) is 24.2 Å². The highest BCUT2D eigenvalue weighted by Gasteiger charge is 2.29. The number of rotatable bonds is 1. The number of alkyl halides is 2. The van der Waals surface area contributed by atoms with Crippen molar-refractivity contribution in [1.82, 2.24) is 4.90 Å². The highest BCUT2D eigenvalue weighted by Crippen LogP contribution is 2.30. The van der Waals surface area contributed by atoms with Crippen LogP contribution in [-0.4, -0.2) is 22.2 Å². The van der Waals surface area contributed by atoms with Crippen molar-refractivity contribution in [2.75, 3.05) is 6.54 Å². The van der Waals surface area contributed by atoms with E-state index in [0.717, 1.165) is 6.42 Å². The summed E-state index contributed by atoms with van der Waals surface area (Å²) in [7, 11) is 0. The summed E-state index contributed by atoms with van der Waals surface area (Å²) in [5, 5.41) is 0. The molecular formula is C12H13Cl2NO. The second-order valence-corrected chi connectivity index (χ2v) is 5.05. The predicted molar refractivity (Wildman–Crippen MR) is 65.8 cm³/mol. The third kappa shape index (κ3) is 2.04. The van der Waals surface area contributed by atoms with E-state index in [0.29, 0.717) is 6.54 Å². The van der Waals surface area contributed by atoms with Crippen molar-refractivity contribution in [2.24, 2.45) is 0 Å². The number of halogens is 2. The quantitative estimate of drug-likeness (QED) is 0.709. The van der Waals surface area contributed by atoms with E-state index in [-0.39, 0.29) is 11.9 Å². The van der Waals surface area contributed by atoms with Crippen molar-refractivity contribution in [3.05, 3.63) is 35.4 Å². The lowest BCUT2D eigenvalue weighted by Gasteiger charge is -2.35. The van der Waals surface area contributed by atoms with Crippen molar-refractivity contribution >= 4 is 29.1 Å². The summed E-state index contributed by atoms with van der Waals surface area (Å²) in [5.74, 6) is -0.203. The molecule has 0 aliphatic carbocycles. The fourth-order valence-corrected chi connectivity index (χ4v) is 2.45. The van der Waals surface area contributed by atoms with E-state index in [9.17, 15) is 4.79 Å². The molecule has 86 valence electrons. The highest BCUT2D eigenvalue weighted by atomic mass is 35.5. The lowest BCUT2D eigenvalue weighted by atomic mass is 9.94. The van der Waals surface area contributed by atoms with Gasteiger partial charge in [-0.1, -0.05) is 47.5 Å². The first kappa shape index (κ1) is 11.7. The largest absolute Gasteiger partial charge is 0.333 e. The number of nitrogens with zero attached hydrogens (tertiary/aromatic N) is 1. The summed E-state index contributed by atoms with van der Waals surface area (Å²) in [5.41, 5.74) is 2.50. The third-order valence-corrected chi connectivity index (χ3v) is 3.44. The highest BCUT2D eigenvalue weighted by molar-refractivity contribution is 6.53. The summed E-state index contributed by atoms with van der Waals surface area (Å²) in [6.45, 7) is 2.69. The van der Waals surface area contributed by atoms with E-state index < -0.39 is 4.84 Å². The van der Waals surface area contributed by atoms with E-state index in [4.69, 9.17) is 23.2 Å². The second-order valence-electron chi connectivity index (χ2n) is 3.96. The van der Waals surface area contributed by atoms with Gasteiger partial charge in [0.05, 0.1) is 6.04 Å². The molecule has 4 heteroatoms. The summed E-state index contributed by atoms with van der Waals surface area (Å²) in [4.78, 5) is 12.6. The Bertz CT molecular complexity index is 406. The first-order valence-electron chi connectivity index (χ1n) is 5.27. The Labute approximate surface area is 105 Å². The summed E-state index contributed by atoms with van der Waals surface area (Å²) in [6.07, 6.45) is 0.868. The maximum Gasteiger partial charge on any atom is 0.256 e. The van der Waals surface area contributed by atoms with Crippen LogP contribution >= 0.6 is 23.2 Å². The number of amides is 1. The van der Waals surface area contributed by atoms with Crippen LogP contribution in [0.25, 0.3) is 0 Å². The van der Waals surface area contributed by atoms with Gasteiger partial charge in [-0.2, -0.15) is 0 Å². The zero-order chi connectivity index (χ0) is 11.7. The maximum absolute atomic E-state index is 11.8. The Morgan fingerprint density at radius 2 is 2.12 bits per heavy atom. The minimum absolute atomic E-state index is 0.0532. The van der Waals surface area contributed by atoms with Crippen LogP contribution in [0.5, 0.6) is 0 Å². The van der Waals surface area contributed by atoms with E-state index in [1.165, 1.54) is 11.1 Å². The molecule has 0 N–H and O–H groups in total. The lowest BCUT2D eigenvalue weighted by Crippen LogP contribution is -2.41. The van der Waals surface area contributed by atoms with E-state index in [1.807, 2.05) is 19.1 Å². The molecule has 1 amide bonds. The van der Waals surface area contributed by atoms with Gasteiger partial charge >= 0.3 is 0 Å². The molecule has 0 saturated heterocycles. The van der Waals surface area contributed by atoms with Crippen LogP contribution in [0.1, 0.15) is 24.1 Å². The van der Waals surface area contributed by atoms with E-state index in [1.54, 1.807) is 4.90 Å². The van der Waals surface area contributed by atoms with Crippen LogP contribution in [0.4, 0.5) is 0 Å². The van der Waals surface area contributed by atoms with Crippen LogP contribution in [0.3, 0.4) is 0 Å². The van der Waals surface area contributed by atoms with Gasteiger partial charge in [-0.3, -0.25) is 4.79 Å². The molecule has 16 heavy (non-hydrogen) atoms. The molecule has 1 unspecified atom stereocenters. The molecule has 0 radical (unpaired) electrons. The fraction of sp³-hybridized carbons (Fsp3) is 0.417. The van der Waals surface area contributed by atoms with Crippen LogP contribution < -0.4 is 0 Å². The molecule has 1 aliphatic rings. The van der Waals surface area contributed by atoms with Crippen molar-refractivity contribution in [1.29, 1.82) is 0 Å². The topological polar surface area (TPSA) is 20.3 Å². The van der Waals surface area contributed by atoms with Gasteiger partial charge in [-0.05, 0) is 24.5 Å². The minimum atomic E-state index is -0.965. The molecule has 0 fully saturated rings. The molecular weight excluding hydrogens is 245 g/mol. The van der Waals surface area contributed by atoms with E-state index >= 15 is 0 Å². The molecule has 1 atom stereocenters. The minimum Gasteiger partial charge on any atom is -0.333 e. The number of hydrogen-bond acceptors (Lipinski definition) is 1. The van der Waals surface area contributed by atoms with Crippen LogP contribution in [0.15, 0.2) is 24.3 Å². The average molecular weight is 258 g/mol. The maximum atomic E-state index is 11.8. The molecule has 2 rings (SSSR count). The summed E-state index contributed by atoms with van der Waals surface area (Å²) >= 11 is 11.3. The molecule has 0 aromatic heterocycles. The first-order valence-corrected chi connectivity index (χ1v) is 6.15. The van der Waals surface area contributed by atoms with Gasteiger partial charge in [0.15, 0.2) is 4.84 Å². The molecule has 0 spiro atoms. The molecule has 1 heterocycles. The number of benzene rings is 1.